The fraction of sp³-hybridized carbons (Fsp3) is 0.450. The number of hydrogen-bond acceptors (Lipinski definition) is 6. The molecule has 1 amide bonds. The molecule has 0 bridgehead atoms. The van der Waals surface area contributed by atoms with Gasteiger partial charge in [0, 0.05) is 30.4 Å². The summed E-state index contributed by atoms with van der Waals surface area (Å²) >= 11 is 0. The monoisotopic (exact) mass is 368 g/mol. The van der Waals surface area contributed by atoms with Crippen LogP contribution in [0.2, 0.25) is 0 Å². The van der Waals surface area contributed by atoms with Crippen LogP contribution in [0.4, 0.5) is 5.82 Å². The van der Waals surface area contributed by atoms with Gasteiger partial charge in [0.2, 0.25) is 0 Å². The Bertz CT molecular complexity index is 827. The van der Waals surface area contributed by atoms with Crippen LogP contribution in [-0.2, 0) is 6.42 Å². The van der Waals surface area contributed by atoms with Gasteiger partial charge in [-0.1, -0.05) is 0 Å². The average molecular weight is 368 g/mol. The number of anilines is 1. The lowest BCUT2D eigenvalue weighted by atomic mass is 9.91. The van der Waals surface area contributed by atoms with Crippen molar-refractivity contribution >= 4 is 11.7 Å². The summed E-state index contributed by atoms with van der Waals surface area (Å²) in [7, 11) is 0. The molecule has 0 spiro atoms. The molecule has 7 nitrogen and oxygen atoms in total. The third-order valence-electron chi connectivity index (χ3n) is 5.10. The van der Waals surface area contributed by atoms with Gasteiger partial charge in [0.1, 0.15) is 24.9 Å². The Labute approximate surface area is 158 Å². The summed E-state index contributed by atoms with van der Waals surface area (Å²) in [5.41, 5.74) is 7.45. The first-order valence-electron chi connectivity index (χ1n) is 9.37. The van der Waals surface area contributed by atoms with E-state index in [1.54, 1.807) is 6.07 Å². The van der Waals surface area contributed by atoms with Crippen LogP contribution in [0.25, 0.3) is 0 Å². The largest absolute Gasteiger partial charge is 0.486 e. The molecular formula is C20H24N4O3. The zero-order valence-corrected chi connectivity index (χ0v) is 15.5. The Morgan fingerprint density at radius 3 is 2.63 bits per heavy atom. The number of nitrogen functional groups attached to an aromatic ring is 1. The number of aryl methyl sites for hydroxylation is 1. The summed E-state index contributed by atoms with van der Waals surface area (Å²) in [4.78, 5) is 23.3. The summed E-state index contributed by atoms with van der Waals surface area (Å²) in [6.45, 7) is 4.41. The van der Waals surface area contributed by atoms with E-state index in [1.165, 1.54) is 0 Å². The Balaban J connectivity index is 1.36. The molecule has 142 valence electrons. The second-order valence-electron chi connectivity index (χ2n) is 7.13. The molecule has 0 aliphatic carbocycles. The van der Waals surface area contributed by atoms with Crippen molar-refractivity contribution in [3.63, 3.8) is 0 Å². The van der Waals surface area contributed by atoms with E-state index in [0.717, 1.165) is 38.0 Å². The molecule has 2 aliphatic rings. The van der Waals surface area contributed by atoms with Crippen molar-refractivity contribution in [2.24, 2.45) is 5.92 Å². The number of likely N-dealkylation sites (tertiary alicyclic amines) is 1. The molecule has 0 unspecified atom stereocenters. The van der Waals surface area contributed by atoms with Crippen LogP contribution in [0, 0.1) is 12.8 Å². The zero-order chi connectivity index (χ0) is 18.8. The molecule has 1 saturated heterocycles. The number of rotatable bonds is 3. The van der Waals surface area contributed by atoms with Gasteiger partial charge in [0.05, 0.1) is 0 Å². The SMILES string of the molecule is Cc1nc(N)cc(CC2CCN(C(=O)c3ccc4c(c3)OCCO4)CC2)n1. The molecule has 7 heteroatoms. The van der Waals surface area contributed by atoms with Crippen LogP contribution in [0.5, 0.6) is 11.5 Å². The molecule has 2 aromatic rings. The lowest BCUT2D eigenvalue weighted by Crippen LogP contribution is -2.39. The molecule has 0 saturated carbocycles. The first-order valence-corrected chi connectivity index (χ1v) is 9.37. The Morgan fingerprint density at radius 1 is 1.15 bits per heavy atom. The highest BCUT2D eigenvalue weighted by Gasteiger charge is 2.25. The molecule has 3 heterocycles. The molecule has 0 radical (unpaired) electrons. The molecule has 4 rings (SSSR count). The van der Waals surface area contributed by atoms with Gasteiger partial charge in [0.25, 0.3) is 5.91 Å². The number of piperidine rings is 1. The summed E-state index contributed by atoms with van der Waals surface area (Å²) in [5, 5.41) is 0. The highest BCUT2D eigenvalue weighted by Crippen LogP contribution is 2.31. The van der Waals surface area contributed by atoms with Crippen LogP contribution in [-0.4, -0.2) is 47.1 Å². The Hall–Kier alpha value is -2.83. The fourth-order valence-corrected chi connectivity index (χ4v) is 3.75. The predicted octanol–water partition coefficient (Wildman–Crippen LogP) is 2.23. The number of fused-ring (bicyclic) bond motifs is 1. The van der Waals surface area contributed by atoms with Gasteiger partial charge in [-0.3, -0.25) is 4.79 Å². The maximum absolute atomic E-state index is 12.8. The van der Waals surface area contributed by atoms with E-state index in [4.69, 9.17) is 15.2 Å². The van der Waals surface area contributed by atoms with Crippen molar-refractivity contribution in [2.75, 3.05) is 32.0 Å². The molecule has 1 fully saturated rings. The minimum atomic E-state index is 0.0487. The quantitative estimate of drug-likeness (QED) is 0.893. The highest BCUT2D eigenvalue weighted by atomic mass is 16.6. The molecule has 2 aliphatic heterocycles. The third-order valence-corrected chi connectivity index (χ3v) is 5.10. The molecular weight excluding hydrogens is 344 g/mol. The van der Waals surface area contributed by atoms with Gasteiger partial charge in [-0.05, 0) is 50.3 Å². The van der Waals surface area contributed by atoms with E-state index >= 15 is 0 Å². The van der Waals surface area contributed by atoms with E-state index in [1.807, 2.05) is 30.0 Å². The van der Waals surface area contributed by atoms with Gasteiger partial charge in [-0.2, -0.15) is 0 Å². The van der Waals surface area contributed by atoms with Crippen LogP contribution in [0.3, 0.4) is 0 Å². The minimum Gasteiger partial charge on any atom is -0.486 e. The maximum Gasteiger partial charge on any atom is 0.253 e. The third kappa shape index (κ3) is 3.97. The van der Waals surface area contributed by atoms with E-state index in [-0.39, 0.29) is 5.91 Å². The number of ether oxygens (including phenoxy) is 2. The first-order chi connectivity index (χ1) is 13.1. The standard InChI is InChI=1S/C20H24N4O3/c1-13-22-16(12-19(21)23-13)10-14-4-6-24(7-5-14)20(25)15-2-3-17-18(11-15)27-9-8-26-17/h2-3,11-12,14H,4-10H2,1H3,(H2,21,22,23). The number of amides is 1. The van der Waals surface area contributed by atoms with Crippen LogP contribution >= 0.6 is 0 Å². The minimum absolute atomic E-state index is 0.0487. The van der Waals surface area contributed by atoms with Gasteiger partial charge < -0.3 is 20.1 Å². The zero-order valence-electron chi connectivity index (χ0n) is 15.5. The second kappa shape index (κ2) is 7.42. The van der Waals surface area contributed by atoms with Crippen LogP contribution in [0.15, 0.2) is 24.3 Å². The molecule has 1 aromatic heterocycles. The van der Waals surface area contributed by atoms with Crippen molar-refractivity contribution in [3.8, 4) is 11.5 Å². The van der Waals surface area contributed by atoms with E-state index < -0.39 is 0 Å². The van der Waals surface area contributed by atoms with Gasteiger partial charge in [-0.25, -0.2) is 9.97 Å². The fourth-order valence-electron chi connectivity index (χ4n) is 3.75. The second-order valence-corrected chi connectivity index (χ2v) is 7.13. The van der Waals surface area contributed by atoms with Crippen LogP contribution in [0.1, 0.15) is 34.7 Å². The molecule has 27 heavy (non-hydrogen) atoms. The van der Waals surface area contributed by atoms with E-state index in [9.17, 15) is 4.79 Å². The first kappa shape index (κ1) is 17.6. The van der Waals surface area contributed by atoms with Crippen molar-refractivity contribution in [2.45, 2.75) is 26.2 Å². The lowest BCUT2D eigenvalue weighted by molar-refractivity contribution is 0.0689. The number of carbonyl (C=O) groups excluding carboxylic acids is 1. The predicted molar refractivity (Wildman–Crippen MR) is 101 cm³/mol. The number of nitrogens with two attached hydrogens (primary N) is 1. The number of carbonyl (C=O) groups is 1. The summed E-state index contributed by atoms with van der Waals surface area (Å²) < 4.78 is 11.1. The smallest absolute Gasteiger partial charge is 0.253 e. The topological polar surface area (TPSA) is 90.6 Å². The lowest BCUT2D eigenvalue weighted by Gasteiger charge is -2.32. The number of aromatic nitrogens is 2. The molecule has 1 aromatic carbocycles. The van der Waals surface area contributed by atoms with Crippen molar-refractivity contribution in [3.05, 3.63) is 41.3 Å². The normalized spacial score (nSPS) is 17.0. The van der Waals surface area contributed by atoms with E-state index in [0.29, 0.717) is 47.8 Å². The summed E-state index contributed by atoms with van der Waals surface area (Å²) in [6.07, 6.45) is 2.79. The summed E-state index contributed by atoms with van der Waals surface area (Å²) in [5.74, 6) is 3.13. The summed E-state index contributed by atoms with van der Waals surface area (Å²) in [6, 6.07) is 7.26. The Kier molecular flexibility index (Phi) is 4.83. The van der Waals surface area contributed by atoms with Gasteiger partial charge in [0.15, 0.2) is 11.5 Å². The molecule has 0 atom stereocenters. The average Bonchev–Trinajstić information content (AvgIpc) is 2.67. The van der Waals surface area contributed by atoms with E-state index in [2.05, 4.69) is 9.97 Å². The Morgan fingerprint density at radius 2 is 1.89 bits per heavy atom. The van der Waals surface area contributed by atoms with Crippen molar-refractivity contribution in [1.29, 1.82) is 0 Å². The highest BCUT2D eigenvalue weighted by molar-refractivity contribution is 5.95. The van der Waals surface area contributed by atoms with Crippen molar-refractivity contribution < 1.29 is 14.3 Å². The van der Waals surface area contributed by atoms with Crippen LogP contribution < -0.4 is 15.2 Å². The number of benzene rings is 1. The van der Waals surface area contributed by atoms with Gasteiger partial charge >= 0.3 is 0 Å². The number of hydrogen-bond donors (Lipinski definition) is 1. The van der Waals surface area contributed by atoms with Gasteiger partial charge in [-0.15, -0.1) is 0 Å². The molecule has 2 N–H and O–H groups in total. The maximum atomic E-state index is 12.8. The number of nitrogens with zero attached hydrogens (tertiary/aromatic N) is 3. The van der Waals surface area contributed by atoms with Crippen molar-refractivity contribution in [1.82, 2.24) is 14.9 Å².